The van der Waals surface area contributed by atoms with E-state index < -0.39 is 0 Å². The Morgan fingerprint density at radius 1 is 1.08 bits per heavy atom. The molecule has 0 saturated carbocycles. The number of amides is 1. The molecule has 0 bridgehead atoms. The van der Waals surface area contributed by atoms with Gasteiger partial charge in [-0.3, -0.25) is 4.79 Å². The van der Waals surface area contributed by atoms with Gasteiger partial charge in [0.2, 0.25) is 5.91 Å². The summed E-state index contributed by atoms with van der Waals surface area (Å²) in [4.78, 5) is 16.6. The van der Waals surface area contributed by atoms with Crippen LogP contribution in [-0.2, 0) is 11.2 Å². The van der Waals surface area contributed by atoms with Crippen molar-refractivity contribution in [2.75, 3.05) is 38.2 Å². The molecule has 0 unspecified atom stereocenters. The van der Waals surface area contributed by atoms with Crippen LogP contribution >= 0.6 is 0 Å². The summed E-state index contributed by atoms with van der Waals surface area (Å²) in [7, 11) is 1.65. The first-order valence-electron chi connectivity index (χ1n) is 9.03. The summed E-state index contributed by atoms with van der Waals surface area (Å²) in [5.41, 5.74) is 3.26. The fraction of sp³-hybridized carbons (Fsp3) is 0.450. The summed E-state index contributed by atoms with van der Waals surface area (Å²) in [5, 5.41) is 8.49. The summed E-state index contributed by atoms with van der Waals surface area (Å²) < 4.78 is 5.16. The maximum absolute atomic E-state index is 12.5. The van der Waals surface area contributed by atoms with Crippen LogP contribution in [0.1, 0.15) is 23.2 Å². The third-order valence-electron chi connectivity index (χ3n) is 4.96. The molecule has 0 N–H and O–H groups in total. The zero-order valence-electron chi connectivity index (χ0n) is 15.7. The average molecular weight is 354 g/mol. The molecule has 6 nitrogen and oxygen atoms in total. The number of aryl methyl sites for hydroxylation is 3. The van der Waals surface area contributed by atoms with Crippen molar-refractivity contribution in [3.05, 3.63) is 47.2 Å². The molecule has 26 heavy (non-hydrogen) atoms. The highest BCUT2D eigenvalue weighted by molar-refractivity contribution is 5.76. The molecule has 1 saturated heterocycles. The number of nitrogens with zero attached hydrogens (tertiary/aromatic N) is 4. The number of hydrogen-bond donors (Lipinski definition) is 0. The van der Waals surface area contributed by atoms with Crippen LogP contribution in [0.4, 0.5) is 5.82 Å². The molecule has 1 amide bonds. The monoisotopic (exact) mass is 354 g/mol. The Bertz CT molecular complexity index is 753. The van der Waals surface area contributed by atoms with Crippen LogP contribution in [0.5, 0.6) is 5.75 Å². The lowest BCUT2D eigenvalue weighted by molar-refractivity contribution is -0.131. The molecular formula is C20H26N4O2. The smallest absolute Gasteiger partial charge is 0.223 e. The number of methoxy groups -OCH3 is 1. The minimum Gasteiger partial charge on any atom is -0.497 e. The standard InChI is InChI=1S/C20H26N4O2/c1-15-14-19(22-21-16(15)2)23-10-12-24(13-11-23)20(25)9-6-17-4-7-18(26-3)8-5-17/h4-5,7-8,14H,6,9-13H2,1-3H3. The van der Waals surface area contributed by atoms with E-state index in [-0.39, 0.29) is 5.91 Å². The van der Waals surface area contributed by atoms with E-state index in [9.17, 15) is 4.79 Å². The number of aromatic nitrogens is 2. The predicted molar refractivity (Wildman–Crippen MR) is 102 cm³/mol. The zero-order chi connectivity index (χ0) is 18.5. The van der Waals surface area contributed by atoms with Crippen LogP contribution in [0.25, 0.3) is 0 Å². The van der Waals surface area contributed by atoms with E-state index in [1.807, 2.05) is 43.0 Å². The van der Waals surface area contributed by atoms with Crippen LogP contribution in [0, 0.1) is 13.8 Å². The second-order valence-corrected chi connectivity index (χ2v) is 6.69. The maximum atomic E-state index is 12.5. The van der Waals surface area contributed by atoms with Gasteiger partial charge in [-0.15, -0.1) is 5.10 Å². The molecule has 138 valence electrons. The number of hydrogen-bond acceptors (Lipinski definition) is 5. The molecule has 0 spiro atoms. The lowest BCUT2D eigenvalue weighted by Crippen LogP contribution is -2.49. The molecule has 3 rings (SSSR count). The van der Waals surface area contributed by atoms with E-state index in [1.165, 1.54) is 0 Å². The highest BCUT2D eigenvalue weighted by Crippen LogP contribution is 2.17. The van der Waals surface area contributed by atoms with E-state index in [2.05, 4.69) is 21.2 Å². The van der Waals surface area contributed by atoms with E-state index in [1.54, 1.807) is 7.11 Å². The lowest BCUT2D eigenvalue weighted by atomic mass is 10.1. The minimum absolute atomic E-state index is 0.214. The van der Waals surface area contributed by atoms with Gasteiger partial charge in [0.25, 0.3) is 0 Å². The summed E-state index contributed by atoms with van der Waals surface area (Å²) in [6, 6.07) is 9.97. The molecule has 2 aromatic rings. The van der Waals surface area contributed by atoms with Gasteiger partial charge in [0, 0.05) is 32.6 Å². The zero-order valence-corrected chi connectivity index (χ0v) is 15.7. The molecule has 1 aromatic heterocycles. The number of ether oxygens (including phenoxy) is 1. The van der Waals surface area contributed by atoms with Crippen molar-refractivity contribution in [1.82, 2.24) is 15.1 Å². The van der Waals surface area contributed by atoms with Crippen molar-refractivity contribution in [2.24, 2.45) is 0 Å². The van der Waals surface area contributed by atoms with E-state index in [0.717, 1.165) is 61.0 Å². The van der Waals surface area contributed by atoms with Gasteiger partial charge in [-0.25, -0.2) is 0 Å². The lowest BCUT2D eigenvalue weighted by Gasteiger charge is -2.35. The van der Waals surface area contributed by atoms with Crippen molar-refractivity contribution in [3.8, 4) is 5.75 Å². The Kier molecular flexibility index (Phi) is 5.71. The van der Waals surface area contributed by atoms with Crippen LogP contribution in [-0.4, -0.2) is 54.3 Å². The van der Waals surface area contributed by atoms with Crippen molar-refractivity contribution in [3.63, 3.8) is 0 Å². The van der Waals surface area contributed by atoms with E-state index >= 15 is 0 Å². The second-order valence-electron chi connectivity index (χ2n) is 6.69. The van der Waals surface area contributed by atoms with Crippen molar-refractivity contribution in [1.29, 1.82) is 0 Å². The largest absolute Gasteiger partial charge is 0.497 e. The Labute approximate surface area is 154 Å². The van der Waals surface area contributed by atoms with Crippen molar-refractivity contribution < 1.29 is 9.53 Å². The van der Waals surface area contributed by atoms with E-state index in [0.29, 0.717) is 6.42 Å². The highest BCUT2D eigenvalue weighted by Gasteiger charge is 2.22. The minimum atomic E-state index is 0.214. The number of carbonyl (C=O) groups is 1. The highest BCUT2D eigenvalue weighted by atomic mass is 16.5. The topological polar surface area (TPSA) is 58.6 Å². The number of carbonyl (C=O) groups excluding carboxylic acids is 1. The first-order valence-corrected chi connectivity index (χ1v) is 9.03. The molecule has 1 aromatic carbocycles. The Balaban J connectivity index is 1.49. The quantitative estimate of drug-likeness (QED) is 0.825. The van der Waals surface area contributed by atoms with Crippen LogP contribution in [0.2, 0.25) is 0 Å². The van der Waals surface area contributed by atoms with E-state index in [4.69, 9.17) is 4.74 Å². The van der Waals surface area contributed by atoms with Gasteiger partial charge in [0.05, 0.1) is 12.8 Å². The fourth-order valence-electron chi connectivity index (χ4n) is 3.07. The third kappa shape index (κ3) is 4.31. The maximum Gasteiger partial charge on any atom is 0.223 e. The number of rotatable bonds is 5. The molecular weight excluding hydrogens is 328 g/mol. The number of anilines is 1. The first-order chi connectivity index (χ1) is 12.6. The van der Waals surface area contributed by atoms with Gasteiger partial charge in [-0.2, -0.15) is 5.10 Å². The van der Waals surface area contributed by atoms with Crippen LogP contribution < -0.4 is 9.64 Å². The van der Waals surface area contributed by atoms with Gasteiger partial charge in [-0.05, 0) is 49.6 Å². The van der Waals surface area contributed by atoms with Gasteiger partial charge >= 0.3 is 0 Å². The average Bonchev–Trinajstić information content (AvgIpc) is 2.69. The van der Waals surface area contributed by atoms with Gasteiger partial charge < -0.3 is 14.5 Å². The first kappa shape index (κ1) is 18.2. The molecule has 6 heteroatoms. The van der Waals surface area contributed by atoms with Gasteiger partial charge in [0.1, 0.15) is 5.75 Å². The Morgan fingerprint density at radius 2 is 1.77 bits per heavy atom. The van der Waals surface area contributed by atoms with Crippen molar-refractivity contribution >= 4 is 11.7 Å². The summed E-state index contributed by atoms with van der Waals surface area (Å²) in [6.07, 6.45) is 1.29. The number of benzene rings is 1. The second kappa shape index (κ2) is 8.17. The molecule has 1 aliphatic rings. The summed E-state index contributed by atoms with van der Waals surface area (Å²) >= 11 is 0. The normalized spacial score (nSPS) is 14.4. The Hall–Kier alpha value is -2.63. The molecule has 1 fully saturated rings. The SMILES string of the molecule is COc1ccc(CCC(=O)N2CCN(c3cc(C)c(C)nn3)CC2)cc1. The molecule has 1 aliphatic heterocycles. The van der Waals surface area contributed by atoms with Gasteiger partial charge in [0.15, 0.2) is 5.82 Å². The third-order valence-corrected chi connectivity index (χ3v) is 4.96. The molecule has 0 aliphatic carbocycles. The predicted octanol–water partition coefficient (Wildman–Crippen LogP) is 2.38. The number of piperazine rings is 1. The van der Waals surface area contributed by atoms with Gasteiger partial charge in [-0.1, -0.05) is 12.1 Å². The molecule has 0 radical (unpaired) electrons. The fourth-order valence-corrected chi connectivity index (χ4v) is 3.07. The molecule has 2 heterocycles. The van der Waals surface area contributed by atoms with Crippen LogP contribution in [0.15, 0.2) is 30.3 Å². The van der Waals surface area contributed by atoms with Crippen LogP contribution in [0.3, 0.4) is 0 Å². The molecule has 0 atom stereocenters. The summed E-state index contributed by atoms with van der Waals surface area (Å²) in [6.45, 7) is 7.07. The Morgan fingerprint density at radius 3 is 2.38 bits per heavy atom. The van der Waals surface area contributed by atoms with Crippen molar-refractivity contribution in [2.45, 2.75) is 26.7 Å². The summed E-state index contributed by atoms with van der Waals surface area (Å²) in [5.74, 6) is 1.95.